The molecule has 0 aliphatic carbocycles. The van der Waals surface area contributed by atoms with E-state index in [2.05, 4.69) is 9.98 Å². The molecule has 0 spiro atoms. The summed E-state index contributed by atoms with van der Waals surface area (Å²) in [5, 5.41) is 11.6. The van der Waals surface area contributed by atoms with Crippen molar-refractivity contribution in [2.75, 3.05) is 37.5 Å². The number of nitro groups is 1. The van der Waals surface area contributed by atoms with Gasteiger partial charge in [-0.05, 0) is 36.1 Å². The number of benzene rings is 2. The van der Waals surface area contributed by atoms with Gasteiger partial charge in [-0.15, -0.1) is 11.3 Å². The molecule has 0 N–H and O–H groups in total. The summed E-state index contributed by atoms with van der Waals surface area (Å²) >= 11 is 3.25. The van der Waals surface area contributed by atoms with Crippen LogP contribution in [0.4, 0.5) is 17.1 Å². The SMILES string of the molecule is CSc1nc2ccc(N=Cc3ccc(N4CCOCC4)c([N+](=O)[O-])c3)cc2s1. The standard InChI is InChI=1S/C19H18N4O3S2/c1-27-19-21-15-4-3-14(11-18(15)28-19)20-12-13-2-5-16(17(10-13)23(24)25)22-6-8-26-9-7-22/h2-5,10-12H,6-9H2,1H3. The lowest BCUT2D eigenvalue weighted by Crippen LogP contribution is -2.36. The Bertz CT molecular complexity index is 1040. The number of aromatic nitrogens is 1. The fraction of sp³-hybridized carbons (Fsp3) is 0.263. The molecule has 0 amide bonds. The van der Waals surface area contributed by atoms with Crippen LogP contribution in [0.2, 0.25) is 0 Å². The van der Waals surface area contributed by atoms with Gasteiger partial charge in [0, 0.05) is 25.4 Å². The van der Waals surface area contributed by atoms with Gasteiger partial charge in [-0.1, -0.05) is 17.8 Å². The molecular weight excluding hydrogens is 396 g/mol. The predicted molar refractivity (Wildman–Crippen MR) is 115 cm³/mol. The zero-order chi connectivity index (χ0) is 19.5. The Morgan fingerprint density at radius 2 is 2.11 bits per heavy atom. The minimum atomic E-state index is -0.338. The number of aliphatic imine (C=N–C) groups is 1. The first-order valence-electron chi connectivity index (χ1n) is 8.74. The Morgan fingerprint density at radius 1 is 1.29 bits per heavy atom. The van der Waals surface area contributed by atoms with Crippen LogP contribution in [0.25, 0.3) is 10.2 Å². The van der Waals surface area contributed by atoms with E-state index in [1.54, 1.807) is 41.4 Å². The molecule has 0 radical (unpaired) electrons. The van der Waals surface area contributed by atoms with Crippen LogP contribution in [-0.4, -0.2) is 48.7 Å². The minimum Gasteiger partial charge on any atom is -0.378 e. The summed E-state index contributed by atoms with van der Waals surface area (Å²) in [6, 6.07) is 11.1. The smallest absolute Gasteiger partial charge is 0.293 e. The molecule has 1 aromatic heterocycles. The van der Waals surface area contributed by atoms with Crippen molar-refractivity contribution in [3.63, 3.8) is 0 Å². The van der Waals surface area contributed by atoms with Crippen LogP contribution in [0.1, 0.15) is 5.56 Å². The summed E-state index contributed by atoms with van der Waals surface area (Å²) in [5.74, 6) is 0. The fourth-order valence-corrected chi connectivity index (χ4v) is 4.57. The van der Waals surface area contributed by atoms with E-state index in [4.69, 9.17) is 4.74 Å². The van der Waals surface area contributed by atoms with Crippen LogP contribution >= 0.6 is 23.1 Å². The van der Waals surface area contributed by atoms with Crippen molar-refractivity contribution in [3.8, 4) is 0 Å². The number of hydrogen-bond donors (Lipinski definition) is 0. The average Bonchev–Trinajstić information content (AvgIpc) is 3.15. The van der Waals surface area contributed by atoms with Crippen LogP contribution in [0.5, 0.6) is 0 Å². The van der Waals surface area contributed by atoms with Gasteiger partial charge < -0.3 is 9.64 Å². The Labute approximate surface area is 170 Å². The lowest BCUT2D eigenvalue weighted by molar-refractivity contribution is -0.384. The summed E-state index contributed by atoms with van der Waals surface area (Å²) < 4.78 is 7.43. The van der Waals surface area contributed by atoms with Crippen LogP contribution in [0, 0.1) is 10.1 Å². The van der Waals surface area contributed by atoms with E-state index in [0.717, 1.165) is 20.2 Å². The number of fused-ring (bicyclic) bond motifs is 1. The molecule has 7 nitrogen and oxygen atoms in total. The van der Waals surface area contributed by atoms with E-state index in [0.29, 0.717) is 37.6 Å². The largest absolute Gasteiger partial charge is 0.378 e. The normalized spacial score (nSPS) is 14.8. The van der Waals surface area contributed by atoms with Gasteiger partial charge in [-0.25, -0.2) is 4.98 Å². The highest BCUT2D eigenvalue weighted by atomic mass is 32.2. The van der Waals surface area contributed by atoms with Crippen LogP contribution in [-0.2, 0) is 4.74 Å². The van der Waals surface area contributed by atoms with E-state index < -0.39 is 0 Å². The number of rotatable bonds is 5. The Kier molecular flexibility index (Phi) is 5.56. The monoisotopic (exact) mass is 414 g/mol. The molecule has 0 atom stereocenters. The number of hydrogen-bond acceptors (Lipinski definition) is 8. The molecule has 0 unspecified atom stereocenters. The van der Waals surface area contributed by atoms with Gasteiger partial charge in [-0.2, -0.15) is 0 Å². The van der Waals surface area contributed by atoms with Crippen molar-refractivity contribution in [1.82, 2.24) is 4.98 Å². The average molecular weight is 415 g/mol. The Hall–Kier alpha value is -2.49. The first kappa shape index (κ1) is 18.9. The van der Waals surface area contributed by atoms with Gasteiger partial charge in [0.2, 0.25) is 0 Å². The highest BCUT2D eigenvalue weighted by Crippen LogP contribution is 2.32. The van der Waals surface area contributed by atoms with Gasteiger partial charge in [0.1, 0.15) is 5.69 Å². The van der Waals surface area contributed by atoms with E-state index in [9.17, 15) is 10.1 Å². The van der Waals surface area contributed by atoms with Crippen molar-refractivity contribution in [3.05, 3.63) is 52.1 Å². The third-order valence-corrected chi connectivity index (χ3v) is 6.44. The van der Waals surface area contributed by atoms with Crippen molar-refractivity contribution in [2.24, 2.45) is 4.99 Å². The number of nitro benzene ring substituents is 1. The molecule has 9 heteroatoms. The molecule has 0 bridgehead atoms. The molecule has 1 fully saturated rings. The third-order valence-electron chi connectivity index (χ3n) is 4.44. The number of thiazole rings is 1. The number of anilines is 1. The van der Waals surface area contributed by atoms with E-state index >= 15 is 0 Å². The second-order valence-corrected chi connectivity index (χ2v) is 8.28. The zero-order valence-corrected chi connectivity index (χ0v) is 16.8. The first-order valence-corrected chi connectivity index (χ1v) is 10.8. The van der Waals surface area contributed by atoms with Gasteiger partial charge in [0.15, 0.2) is 4.34 Å². The van der Waals surface area contributed by atoms with Crippen molar-refractivity contribution in [1.29, 1.82) is 0 Å². The molecule has 0 saturated carbocycles. The number of ether oxygens (including phenoxy) is 1. The van der Waals surface area contributed by atoms with Gasteiger partial charge in [0.05, 0.1) is 34.0 Å². The summed E-state index contributed by atoms with van der Waals surface area (Å²) in [4.78, 5) is 22.2. The van der Waals surface area contributed by atoms with Gasteiger partial charge in [-0.3, -0.25) is 15.1 Å². The molecule has 1 aliphatic rings. The zero-order valence-electron chi connectivity index (χ0n) is 15.2. The number of nitrogens with zero attached hydrogens (tertiary/aromatic N) is 4. The minimum absolute atomic E-state index is 0.0911. The van der Waals surface area contributed by atoms with Crippen molar-refractivity contribution in [2.45, 2.75) is 4.34 Å². The lowest BCUT2D eigenvalue weighted by Gasteiger charge is -2.28. The molecular formula is C19H18N4O3S2. The van der Waals surface area contributed by atoms with Crippen molar-refractivity contribution < 1.29 is 9.66 Å². The van der Waals surface area contributed by atoms with Gasteiger partial charge in [0.25, 0.3) is 5.69 Å². The Balaban J connectivity index is 1.60. The van der Waals surface area contributed by atoms with Crippen LogP contribution < -0.4 is 4.90 Å². The Morgan fingerprint density at radius 3 is 2.86 bits per heavy atom. The van der Waals surface area contributed by atoms with E-state index in [1.165, 1.54) is 0 Å². The summed E-state index contributed by atoms with van der Waals surface area (Å²) in [5.41, 5.74) is 3.16. The second kappa shape index (κ2) is 8.26. The molecule has 144 valence electrons. The molecule has 28 heavy (non-hydrogen) atoms. The maximum absolute atomic E-state index is 11.6. The molecule has 1 saturated heterocycles. The lowest BCUT2D eigenvalue weighted by atomic mass is 10.1. The predicted octanol–water partition coefficient (Wildman–Crippen LogP) is 4.51. The molecule has 1 aliphatic heterocycles. The molecule has 3 aromatic rings. The maximum atomic E-state index is 11.6. The topological polar surface area (TPSA) is 80.9 Å². The van der Waals surface area contributed by atoms with Crippen LogP contribution in [0.15, 0.2) is 45.7 Å². The third kappa shape index (κ3) is 4.01. The fourth-order valence-electron chi connectivity index (χ4n) is 3.05. The number of morpholine rings is 1. The second-order valence-electron chi connectivity index (χ2n) is 6.20. The van der Waals surface area contributed by atoms with E-state index in [1.807, 2.05) is 35.4 Å². The number of thioether (sulfide) groups is 1. The highest BCUT2D eigenvalue weighted by molar-refractivity contribution is 8.00. The molecule has 4 rings (SSSR count). The summed E-state index contributed by atoms with van der Waals surface area (Å²) in [7, 11) is 0. The van der Waals surface area contributed by atoms with E-state index in [-0.39, 0.29) is 10.6 Å². The maximum Gasteiger partial charge on any atom is 0.293 e. The summed E-state index contributed by atoms with van der Waals surface area (Å²) in [6.45, 7) is 2.47. The highest BCUT2D eigenvalue weighted by Gasteiger charge is 2.21. The molecule has 2 heterocycles. The van der Waals surface area contributed by atoms with Crippen LogP contribution in [0.3, 0.4) is 0 Å². The quantitative estimate of drug-likeness (QED) is 0.264. The first-order chi connectivity index (χ1) is 13.6. The van der Waals surface area contributed by atoms with Gasteiger partial charge >= 0.3 is 0 Å². The summed E-state index contributed by atoms with van der Waals surface area (Å²) in [6.07, 6.45) is 3.66. The molecule has 2 aromatic carbocycles. The van der Waals surface area contributed by atoms with Crippen molar-refractivity contribution >= 4 is 56.6 Å².